The van der Waals surface area contributed by atoms with E-state index in [-0.39, 0.29) is 5.04 Å². The van der Waals surface area contributed by atoms with Gasteiger partial charge in [-0.2, -0.15) is 0 Å². The lowest BCUT2D eigenvalue weighted by molar-refractivity contribution is 0.238. The molecule has 0 bridgehead atoms. The minimum atomic E-state index is -1.64. The predicted molar refractivity (Wildman–Crippen MR) is 105 cm³/mol. The number of pyridine rings is 1. The average Bonchev–Trinajstić information content (AvgIpc) is 2.87. The van der Waals surface area contributed by atoms with Gasteiger partial charge in [0, 0.05) is 25.6 Å². The fraction of sp³-hybridized carbons (Fsp3) is 0.688. The summed E-state index contributed by atoms with van der Waals surface area (Å²) in [5.74, 6) is 0.613. The van der Waals surface area contributed by atoms with Crippen molar-refractivity contribution in [2.75, 3.05) is 24.6 Å². The lowest BCUT2D eigenvalue weighted by Gasteiger charge is -2.37. The van der Waals surface area contributed by atoms with Crippen molar-refractivity contribution in [2.45, 2.75) is 45.3 Å². The molecule has 0 aliphatic carbocycles. The van der Waals surface area contributed by atoms with Crippen LogP contribution in [0.15, 0.2) is 12.3 Å². The van der Waals surface area contributed by atoms with Crippen LogP contribution in [0, 0.1) is 9.49 Å². The highest BCUT2D eigenvalue weighted by Crippen LogP contribution is 2.37. The summed E-state index contributed by atoms with van der Waals surface area (Å²) in [7, 11) is -1.64. The van der Waals surface area contributed by atoms with Gasteiger partial charge in [0.2, 0.25) is 0 Å². The molecule has 0 amide bonds. The van der Waals surface area contributed by atoms with Gasteiger partial charge < -0.3 is 9.33 Å². The van der Waals surface area contributed by atoms with E-state index in [1.54, 1.807) is 0 Å². The molecule has 1 aromatic rings. The normalized spacial score (nSPS) is 19.8. The number of halogens is 2. The molecule has 1 aliphatic rings. The number of hydrogen-bond donors (Lipinski definition) is 0. The van der Waals surface area contributed by atoms with E-state index in [0.29, 0.717) is 11.1 Å². The van der Waals surface area contributed by atoms with Crippen LogP contribution in [0.25, 0.3) is 0 Å². The van der Waals surface area contributed by atoms with Gasteiger partial charge in [-0.25, -0.2) is 4.98 Å². The second-order valence-corrected chi connectivity index (χ2v) is 14.0. The molecule has 1 atom stereocenters. The number of anilines is 1. The highest BCUT2D eigenvalue weighted by atomic mass is 127. The molecule has 0 radical (unpaired) electrons. The number of aromatic nitrogens is 1. The molecule has 1 fully saturated rings. The number of nitrogens with zero attached hydrogens (tertiary/aromatic N) is 2. The van der Waals surface area contributed by atoms with Crippen molar-refractivity contribution in [1.29, 1.82) is 0 Å². The first kappa shape index (κ1) is 18.5. The van der Waals surface area contributed by atoms with Crippen LogP contribution in [0.1, 0.15) is 27.2 Å². The summed E-state index contributed by atoms with van der Waals surface area (Å²) in [5, 5.41) is 0.864. The van der Waals surface area contributed by atoms with E-state index in [2.05, 4.69) is 72.4 Å². The molecule has 0 spiro atoms. The second-order valence-electron chi connectivity index (χ2n) is 7.64. The number of hydrogen-bond acceptors (Lipinski definition) is 3. The van der Waals surface area contributed by atoms with Crippen LogP contribution in [-0.2, 0) is 4.43 Å². The summed E-state index contributed by atoms with van der Waals surface area (Å²) in [6.45, 7) is 14.5. The average molecular weight is 453 g/mol. The van der Waals surface area contributed by atoms with Gasteiger partial charge in [0.15, 0.2) is 8.32 Å². The van der Waals surface area contributed by atoms with Crippen molar-refractivity contribution in [3.05, 3.63) is 21.0 Å². The summed E-state index contributed by atoms with van der Waals surface area (Å²) in [5.41, 5.74) is 1.17. The lowest BCUT2D eigenvalue weighted by atomic mass is 10.1. The van der Waals surface area contributed by atoms with Crippen LogP contribution >= 0.6 is 34.2 Å². The van der Waals surface area contributed by atoms with E-state index in [1.807, 2.05) is 6.20 Å². The Bertz CT molecular complexity index is 533. The predicted octanol–water partition coefficient (Wildman–Crippen LogP) is 5.19. The third kappa shape index (κ3) is 4.36. The Morgan fingerprint density at radius 2 is 2.14 bits per heavy atom. The molecule has 22 heavy (non-hydrogen) atoms. The molecular formula is C16H26ClIN2OSi. The molecule has 0 aromatic carbocycles. The van der Waals surface area contributed by atoms with Crippen molar-refractivity contribution < 1.29 is 4.43 Å². The highest BCUT2D eigenvalue weighted by Gasteiger charge is 2.38. The van der Waals surface area contributed by atoms with Crippen LogP contribution in [0.2, 0.25) is 23.3 Å². The van der Waals surface area contributed by atoms with Crippen molar-refractivity contribution >= 4 is 48.2 Å². The molecule has 3 nitrogen and oxygen atoms in total. The highest BCUT2D eigenvalue weighted by molar-refractivity contribution is 14.1. The van der Waals surface area contributed by atoms with Gasteiger partial charge in [-0.05, 0) is 53.2 Å². The molecule has 1 unspecified atom stereocenters. The van der Waals surface area contributed by atoms with E-state index in [4.69, 9.17) is 16.0 Å². The van der Waals surface area contributed by atoms with Crippen molar-refractivity contribution in [2.24, 2.45) is 5.92 Å². The van der Waals surface area contributed by atoms with Crippen molar-refractivity contribution in [3.8, 4) is 0 Å². The third-order valence-corrected chi connectivity index (χ3v) is 10.9. The smallest absolute Gasteiger partial charge is 0.191 e. The van der Waals surface area contributed by atoms with Gasteiger partial charge in [0.1, 0.15) is 5.15 Å². The summed E-state index contributed by atoms with van der Waals surface area (Å²) in [6.07, 6.45) is 3.06. The van der Waals surface area contributed by atoms with Gasteiger partial charge in [-0.3, -0.25) is 0 Å². The van der Waals surface area contributed by atoms with E-state index < -0.39 is 8.32 Å². The summed E-state index contributed by atoms with van der Waals surface area (Å²) in [6, 6.07) is 2.12. The van der Waals surface area contributed by atoms with Gasteiger partial charge in [0.25, 0.3) is 0 Å². The Morgan fingerprint density at radius 1 is 1.45 bits per heavy atom. The van der Waals surface area contributed by atoms with Crippen LogP contribution < -0.4 is 4.90 Å². The first-order valence-corrected chi connectivity index (χ1v) is 12.2. The standard InChI is InChI=1S/C16H26ClIN2OSi/c1-16(2,3)22(4,5)21-11-12-6-7-20(10-12)13-8-14(18)15(17)19-9-13/h8-9,12H,6-7,10-11H2,1-5H3. The molecule has 1 aliphatic heterocycles. The van der Waals surface area contributed by atoms with Crippen molar-refractivity contribution in [3.63, 3.8) is 0 Å². The molecule has 2 heterocycles. The van der Waals surface area contributed by atoms with Crippen LogP contribution in [0.4, 0.5) is 5.69 Å². The molecule has 6 heteroatoms. The van der Waals surface area contributed by atoms with E-state index in [0.717, 1.165) is 23.3 Å². The van der Waals surface area contributed by atoms with Crippen LogP contribution in [-0.4, -0.2) is 33.0 Å². The first-order valence-electron chi connectivity index (χ1n) is 7.80. The first-order chi connectivity index (χ1) is 10.1. The largest absolute Gasteiger partial charge is 0.416 e. The van der Waals surface area contributed by atoms with Crippen LogP contribution in [0.5, 0.6) is 0 Å². The topological polar surface area (TPSA) is 25.4 Å². The van der Waals surface area contributed by atoms with E-state index >= 15 is 0 Å². The molecule has 1 aromatic heterocycles. The summed E-state index contributed by atoms with van der Waals surface area (Å²) >= 11 is 8.24. The fourth-order valence-corrected chi connectivity index (χ4v) is 3.98. The monoisotopic (exact) mass is 452 g/mol. The SMILES string of the molecule is CC(C)(C)[Si](C)(C)OCC1CCN(c2cnc(Cl)c(I)c2)C1. The quantitative estimate of drug-likeness (QED) is 0.357. The maximum absolute atomic E-state index is 6.38. The Balaban J connectivity index is 1.92. The number of rotatable bonds is 4. The Labute approximate surface area is 154 Å². The zero-order valence-electron chi connectivity index (χ0n) is 14.1. The lowest BCUT2D eigenvalue weighted by Crippen LogP contribution is -2.42. The molecular weight excluding hydrogens is 427 g/mol. The van der Waals surface area contributed by atoms with E-state index in [9.17, 15) is 0 Å². The Kier molecular flexibility index (Phi) is 5.84. The van der Waals surface area contributed by atoms with Gasteiger partial charge in [0.05, 0.1) is 15.5 Å². The minimum Gasteiger partial charge on any atom is -0.416 e. The Hall–Kier alpha value is 0.147. The van der Waals surface area contributed by atoms with Crippen LogP contribution in [0.3, 0.4) is 0 Å². The zero-order chi connectivity index (χ0) is 16.5. The fourth-order valence-electron chi connectivity index (χ4n) is 2.33. The minimum absolute atomic E-state index is 0.279. The van der Waals surface area contributed by atoms with E-state index in [1.165, 1.54) is 12.1 Å². The Morgan fingerprint density at radius 3 is 2.73 bits per heavy atom. The molecule has 0 saturated carbocycles. The third-order valence-electron chi connectivity index (χ3n) is 4.92. The molecule has 124 valence electrons. The van der Waals surface area contributed by atoms with Crippen molar-refractivity contribution in [1.82, 2.24) is 4.98 Å². The zero-order valence-corrected chi connectivity index (χ0v) is 18.0. The molecule has 2 rings (SSSR count). The summed E-state index contributed by atoms with van der Waals surface area (Å²) in [4.78, 5) is 6.65. The maximum atomic E-state index is 6.38. The van der Waals surface area contributed by atoms with Gasteiger partial charge in [-0.15, -0.1) is 0 Å². The van der Waals surface area contributed by atoms with Gasteiger partial charge >= 0.3 is 0 Å². The maximum Gasteiger partial charge on any atom is 0.191 e. The summed E-state index contributed by atoms with van der Waals surface area (Å²) < 4.78 is 7.39. The molecule has 1 saturated heterocycles. The molecule has 0 N–H and O–H groups in total. The van der Waals surface area contributed by atoms with Gasteiger partial charge in [-0.1, -0.05) is 32.4 Å². The second kappa shape index (κ2) is 6.95.